The van der Waals surface area contributed by atoms with Crippen molar-refractivity contribution in [3.05, 3.63) is 52.9 Å². The van der Waals surface area contributed by atoms with Gasteiger partial charge in [-0.15, -0.1) is 0 Å². The van der Waals surface area contributed by atoms with Crippen molar-refractivity contribution < 1.29 is 19.2 Å². The summed E-state index contributed by atoms with van der Waals surface area (Å²) in [6, 6.07) is 5.23. The molecule has 0 saturated carbocycles. The Labute approximate surface area is 121 Å². The molecule has 6 heteroatoms. The second-order valence-corrected chi connectivity index (χ2v) is 4.50. The van der Waals surface area contributed by atoms with Crippen LogP contribution in [-0.4, -0.2) is 22.1 Å². The van der Waals surface area contributed by atoms with E-state index in [0.717, 1.165) is 17.2 Å². The molecule has 0 aliphatic heterocycles. The first-order valence-corrected chi connectivity index (χ1v) is 6.21. The number of benzene rings is 1. The number of nitrogens with zero attached hydrogens (tertiary/aromatic N) is 1. The van der Waals surface area contributed by atoms with E-state index in [1.54, 1.807) is 25.1 Å². The third-order valence-electron chi connectivity index (χ3n) is 2.91. The van der Waals surface area contributed by atoms with E-state index in [-0.39, 0.29) is 5.91 Å². The molecule has 0 spiro atoms. The van der Waals surface area contributed by atoms with E-state index < -0.39 is 5.97 Å². The normalized spacial score (nSPS) is 10.8. The SMILES string of the molecule is Cc1cc(C=CC(=O)O)ccc1NC(=O)c1cnoc1C. The van der Waals surface area contributed by atoms with Gasteiger partial charge in [0, 0.05) is 11.8 Å². The van der Waals surface area contributed by atoms with Crippen LogP contribution in [0.3, 0.4) is 0 Å². The zero-order chi connectivity index (χ0) is 15.4. The van der Waals surface area contributed by atoms with Gasteiger partial charge in [-0.3, -0.25) is 4.79 Å². The van der Waals surface area contributed by atoms with Gasteiger partial charge < -0.3 is 14.9 Å². The predicted molar refractivity (Wildman–Crippen MR) is 77.0 cm³/mol. The van der Waals surface area contributed by atoms with Gasteiger partial charge in [-0.2, -0.15) is 0 Å². The third kappa shape index (κ3) is 3.56. The van der Waals surface area contributed by atoms with E-state index in [4.69, 9.17) is 9.63 Å². The maximum atomic E-state index is 12.0. The number of rotatable bonds is 4. The van der Waals surface area contributed by atoms with Gasteiger partial charge in [-0.1, -0.05) is 11.2 Å². The van der Waals surface area contributed by atoms with Crippen molar-refractivity contribution in [2.75, 3.05) is 5.32 Å². The quantitative estimate of drug-likeness (QED) is 0.843. The molecule has 0 aliphatic carbocycles. The van der Waals surface area contributed by atoms with Crippen LogP contribution in [0.5, 0.6) is 0 Å². The van der Waals surface area contributed by atoms with E-state index in [2.05, 4.69) is 10.5 Å². The number of amides is 1. The fraction of sp³-hybridized carbons (Fsp3) is 0.133. The van der Waals surface area contributed by atoms with Crippen molar-refractivity contribution in [3.63, 3.8) is 0 Å². The topological polar surface area (TPSA) is 92.4 Å². The van der Waals surface area contributed by atoms with Crippen molar-refractivity contribution in [1.29, 1.82) is 0 Å². The summed E-state index contributed by atoms with van der Waals surface area (Å²) in [7, 11) is 0. The highest BCUT2D eigenvalue weighted by Crippen LogP contribution is 2.19. The Balaban J connectivity index is 2.16. The second kappa shape index (κ2) is 6.04. The molecular formula is C15H14N2O4. The minimum Gasteiger partial charge on any atom is -0.478 e. The van der Waals surface area contributed by atoms with Crippen molar-refractivity contribution in [2.24, 2.45) is 0 Å². The van der Waals surface area contributed by atoms with Gasteiger partial charge in [0.05, 0.1) is 6.20 Å². The van der Waals surface area contributed by atoms with Gasteiger partial charge >= 0.3 is 5.97 Å². The van der Waals surface area contributed by atoms with Gasteiger partial charge in [0.15, 0.2) is 0 Å². The van der Waals surface area contributed by atoms with Crippen LogP contribution in [0.2, 0.25) is 0 Å². The first kappa shape index (κ1) is 14.5. The number of hydrogen-bond donors (Lipinski definition) is 2. The van der Waals surface area contributed by atoms with Crippen molar-refractivity contribution in [3.8, 4) is 0 Å². The van der Waals surface area contributed by atoms with Gasteiger partial charge in [-0.05, 0) is 43.2 Å². The molecule has 108 valence electrons. The number of aromatic nitrogens is 1. The zero-order valence-electron chi connectivity index (χ0n) is 11.6. The summed E-state index contributed by atoms with van der Waals surface area (Å²) in [6.07, 6.45) is 3.92. The summed E-state index contributed by atoms with van der Waals surface area (Å²) in [6.45, 7) is 3.49. The van der Waals surface area contributed by atoms with Crippen LogP contribution >= 0.6 is 0 Å². The number of anilines is 1. The largest absolute Gasteiger partial charge is 0.478 e. The lowest BCUT2D eigenvalue weighted by molar-refractivity contribution is -0.131. The van der Waals surface area contributed by atoms with Gasteiger partial charge in [0.1, 0.15) is 11.3 Å². The number of nitrogens with one attached hydrogen (secondary N) is 1. The van der Waals surface area contributed by atoms with Crippen LogP contribution in [0.1, 0.15) is 27.2 Å². The number of hydrogen-bond acceptors (Lipinski definition) is 4. The molecule has 2 aromatic rings. The molecule has 0 unspecified atom stereocenters. The molecule has 2 rings (SSSR count). The molecule has 0 saturated heterocycles. The molecule has 0 fully saturated rings. The monoisotopic (exact) mass is 286 g/mol. The number of aryl methyl sites for hydroxylation is 2. The van der Waals surface area contributed by atoms with E-state index in [1.165, 1.54) is 12.3 Å². The first-order chi connectivity index (χ1) is 9.97. The Kier molecular flexibility index (Phi) is 4.18. The van der Waals surface area contributed by atoms with Gasteiger partial charge in [0.2, 0.25) is 0 Å². The fourth-order valence-electron chi connectivity index (χ4n) is 1.80. The van der Waals surface area contributed by atoms with Crippen molar-refractivity contribution >= 4 is 23.6 Å². The van der Waals surface area contributed by atoms with Crippen molar-refractivity contribution in [1.82, 2.24) is 5.16 Å². The van der Waals surface area contributed by atoms with Crippen LogP contribution in [0.4, 0.5) is 5.69 Å². The second-order valence-electron chi connectivity index (χ2n) is 4.50. The van der Waals surface area contributed by atoms with E-state index >= 15 is 0 Å². The number of carbonyl (C=O) groups is 2. The molecule has 0 aliphatic rings. The Morgan fingerprint density at radius 3 is 2.67 bits per heavy atom. The summed E-state index contributed by atoms with van der Waals surface area (Å²) in [5, 5.41) is 14.9. The minimum absolute atomic E-state index is 0.300. The average molecular weight is 286 g/mol. The lowest BCUT2D eigenvalue weighted by atomic mass is 10.1. The summed E-state index contributed by atoms with van der Waals surface area (Å²) >= 11 is 0. The standard InChI is InChI=1S/C15H14N2O4/c1-9-7-11(4-6-14(18)19)3-5-13(9)17-15(20)12-8-16-21-10(12)2/h3-8H,1-2H3,(H,17,20)(H,18,19). The Morgan fingerprint density at radius 1 is 1.33 bits per heavy atom. The number of carbonyl (C=O) groups excluding carboxylic acids is 1. The highest BCUT2D eigenvalue weighted by Gasteiger charge is 2.13. The lowest BCUT2D eigenvalue weighted by Crippen LogP contribution is -2.13. The molecule has 0 bridgehead atoms. The predicted octanol–water partition coefficient (Wildman–Crippen LogP) is 2.64. The summed E-state index contributed by atoms with van der Waals surface area (Å²) < 4.78 is 4.85. The number of carboxylic acid groups (broad SMARTS) is 1. The maximum absolute atomic E-state index is 12.0. The highest BCUT2D eigenvalue weighted by molar-refractivity contribution is 6.05. The molecule has 2 N–H and O–H groups in total. The first-order valence-electron chi connectivity index (χ1n) is 6.21. The van der Waals surface area contributed by atoms with Crippen LogP contribution in [0, 0.1) is 13.8 Å². The Hall–Kier alpha value is -2.89. The van der Waals surface area contributed by atoms with Crippen molar-refractivity contribution in [2.45, 2.75) is 13.8 Å². The van der Waals surface area contributed by atoms with Crippen LogP contribution in [0.25, 0.3) is 6.08 Å². The molecule has 6 nitrogen and oxygen atoms in total. The Morgan fingerprint density at radius 2 is 2.10 bits per heavy atom. The summed E-state index contributed by atoms with van der Waals surface area (Å²) in [5.74, 6) is -0.857. The molecule has 1 heterocycles. The molecule has 21 heavy (non-hydrogen) atoms. The lowest BCUT2D eigenvalue weighted by Gasteiger charge is -2.08. The highest BCUT2D eigenvalue weighted by atomic mass is 16.5. The smallest absolute Gasteiger partial charge is 0.328 e. The molecule has 0 atom stereocenters. The molecule has 1 amide bonds. The number of carboxylic acids is 1. The molecule has 0 radical (unpaired) electrons. The maximum Gasteiger partial charge on any atom is 0.328 e. The molecule has 1 aromatic carbocycles. The third-order valence-corrected chi connectivity index (χ3v) is 2.91. The van der Waals surface area contributed by atoms with Crippen LogP contribution in [0.15, 0.2) is 35.0 Å². The van der Waals surface area contributed by atoms with E-state index in [1.807, 2.05) is 6.92 Å². The molecule has 1 aromatic heterocycles. The molecular weight excluding hydrogens is 272 g/mol. The summed E-state index contributed by atoms with van der Waals surface area (Å²) in [4.78, 5) is 22.5. The Bertz CT molecular complexity index is 716. The van der Waals surface area contributed by atoms with Gasteiger partial charge in [-0.25, -0.2) is 4.79 Å². The minimum atomic E-state index is -1.01. The average Bonchev–Trinajstić information content (AvgIpc) is 2.85. The number of aliphatic carboxylic acids is 1. The zero-order valence-corrected chi connectivity index (χ0v) is 11.6. The van der Waals surface area contributed by atoms with E-state index in [0.29, 0.717) is 17.0 Å². The fourth-order valence-corrected chi connectivity index (χ4v) is 1.80. The van der Waals surface area contributed by atoms with Crippen LogP contribution in [-0.2, 0) is 4.79 Å². The van der Waals surface area contributed by atoms with Gasteiger partial charge in [0.25, 0.3) is 5.91 Å². The van der Waals surface area contributed by atoms with Crippen LogP contribution < -0.4 is 5.32 Å². The summed E-state index contributed by atoms with van der Waals surface area (Å²) in [5.41, 5.74) is 2.59. The van der Waals surface area contributed by atoms with E-state index in [9.17, 15) is 9.59 Å².